The van der Waals surface area contributed by atoms with Crippen LogP contribution < -0.4 is 26.2 Å². The number of alkyl halides is 3. The van der Waals surface area contributed by atoms with Gasteiger partial charge in [-0.1, -0.05) is 23.6 Å². The number of benzene rings is 3. The van der Waals surface area contributed by atoms with Gasteiger partial charge in [-0.05, 0) is 111 Å². The van der Waals surface area contributed by atoms with E-state index in [1.165, 1.54) is 6.07 Å². The lowest BCUT2D eigenvalue weighted by Crippen LogP contribution is -2.54. The van der Waals surface area contributed by atoms with Crippen molar-refractivity contribution < 1.29 is 51.4 Å². The SMILES string of the molecule is Cc1c(C#Cc2cnc3ccc(N4CCC(NC(=O)CCCCOCCOCCNc5ccc6c(c5)C(=O)N(C5CCC(=O)NC5=O)C6=O)CC4)nn23)cccc1C(=O)Nc1cc(Cl)cc(C(F)(F)F)c1. The monoisotopic (exact) mass is 995 g/mol. The van der Waals surface area contributed by atoms with E-state index in [1.54, 1.807) is 54.0 Å². The molecule has 5 heterocycles. The number of rotatable bonds is 17. The van der Waals surface area contributed by atoms with Gasteiger partial charge in [-0.15, -0.1) is 5.10 Å². The number of imidazole rings is 1. The van der Waals surface area contributed by atoms with Gasteiger partial charge in [-0.2, -0.15) is 13.2 Å². The highest BCUT2D eigenvalue weighted by Crippen LogP contribution is 2.34. The van der Waals surface area contributed by atoms with Crippen LogP contribution in [0.1, 0.15) is 98.4 Å². The second-order valence-corrected chi connectivity index (χ2v) is 17.6. The number of fused-ring (bicyclic) bond motifs is 2. The lowest BCUT2D eigenvalue weighted by atomic mass is 10.0. The van der Waals surface area contributed by atoms with Crippen molar-refractivity contribution in [3.8, 4) is 11.8 Å². The number of nitrogens with zero attached hydrogens (tertiary/aromatic N) is 5. The number of hydrogen-bond acceptors (Lipinski definition) is 12. The number of amides is 6. The summed E-state index contributed by atoms with van der Waals surface area (Å²) in [5.41, 5.74) is 2.37. The summed E-state index contributed by atoms with van der Waals surface area (Å²) in [7, 11) is 0. The molecule has 71 heavy (non-hydrogen) atoms. The normalized spacial score (nSPS) is 16.2. The Morgan fingerprint density at radius 2 is 1.65 bits per heavy atom. The number of piperidine rings is 2. The van der Waals surface area contributed by atoms with Gasteiger partial charge in [0.05, 0.1) is 42.7 Å². The third kappa shape index (κ3) is 12.2. The number of unbranched alkanes of at least 4 members (excludes halogenated alkanes) is 1. The molecule has 2 saturated heterocycles. The van der Waals surface area contributed by atoms with Gasteiger partial charge in [0.2, 0.25) is 17.7 Å². The van der Waals surface area contributed by atoms with Gasteiger partial charge in [0, 0.05) is 72.6 Å². The summed E-state index contributed by atoms with van der Waals surface area (Å²) in [6, 6.07) is 15.4. The average molecular weight is 996 g/mol. The highest BCUT2D eigenvalue weighted by atomic mass is 35.5. The molecule has 0 saturated carbocycles. The van der Waals surface area contributed by atoms with Crippen LogP contribution in [0.5, 0.6) is 0 Å². The predicted octanol–water partition coefficient (Wildman–Crippen LogP) is 6.16. The minimum absolute atomic E-state index is 0.00605. The maximum absolute atomic E-state index is 13.3. The molecule has 1 atom stereocenters. The Labute approximate surface area is 410 Å². The minimum atomic E-state index is -4.63. The number of nitrogens with one attached hydrogen (secondary N) is 4. The quantitative estimate of drug-likeness (QED) is 0.0470. The van der Waals surface area contributed by atoms with E-state index in [0.717, 1.165) is 35.7 Å². The smallest absolute Gasteiger partial charge is 0.383 e. The third-order valence-electron chi connectivity index (χ3n) is 12.2. The summed E-state index contributed by atoms with van der Waals surface area (Å²) < 4.78 is 52.9. The minimum Gasteiger partial charge on any atom is -0.383 e. The molecule has 21 heteroatoms. The molecule has 8 rings (SSSR count). The van der Waals surface area contributed by atoms with Gasteiger partial charge in [0.1, 0.15) is 17.6 Å². The van der Waals surface area contributed by atoms with Gasteiger partial charge >= 0.3 is 6.18 Å². The zero-order valence-electron chi connectivity index (χ0n) is 38.5. The van der Waals surface area contributed by atoms with E-state index in [-0.39, 0.29) is 52.2 Å². The van der Waals surface area contributed by atoms with Gasteiger partial charge in [-0.25, -0.2) is 9.50 Å². The summed E-state index contributed by atoms with van der Waals surface area (Å²) in [5, 5.41) is 15.7. The van der Waals surface area contributed by atoms with Crippen LogP contribution in [0.2, 0.25) is 5.02 Å². The Balaban J connectivity index is 0.707. The molecular formula is C50H49ClF3N9O8. The number of carbonyl (C=O) groups excluding carboxylic acids is 6. The standard InChI is InChI=1S/C50H49ClF3N9O8/c1-30-31(5-4-6-38(30)46(66)58-36-26-32(50(52,53)54)25-33(51)27-36)8-10-37-29-56-42-13-14-43(60-63(37)42)61-19-16-34(17-20-61)57-44(64)7-2-3-21-70-23-24-71-22-18-55-35-9-11-39-40(28-35)49(69)62(48(39)68)41-12-15-45(65)59-47(41)67/h4-6,9,11,13-14,25-29,34,41,55H,2-3,7,12,15-24H2,1H3,(H,57,64)(H,58,66)(H,59,65,67). The molecule has 3 aliphatic rings. The lowest BCUT2D eigenvalue weighted by Gasteiger charge is -2.33. The largest absolute Gasteiger partial charge is 0.416 e. The fourth-order valence-corrected chi connectivity index (χ4v) is 8.74. The van der Waals surface area contributed by atoms with Crippen molar-refractivity contribution >= 4 is 69.9 Å². The first-order chi connectivity index (χ1) is 34.1. The summed E-state index contributed by atoms with van der Waals surface area (Å²) >= 11 is 5.90. The van der Waals surface area contributed by atoms with E-state index in [2.05, 4.69) is 43.0 Å². The lowest BCUT2D eigenvalue weighted by molar-refractivity contribution is -0.138. The molecule has 3 aromatic carbocycles. The highest BCUT2D eigenvalue weighted by molar-refractivity contribution is 6.31. The molecule has 0 aliphatic carbocycles. The van der Waals surface area contributed by atoms with Crippen LogP contribution in [0.3, 0.4) is 0 Å². The van der Waals surface area contributed by atoms with E-state index < -0.39 is 47.3 Å². The van der Waals surface area contributed by atoms with Crippen molar-refractivity contribution in [2.45, 2.75) is 70.1 Å². The molecule has 1 unspecified atom stereocenters. The molecule has 5 aromatic rings. The van der Waals surface area contributed by atoms with Crippen molar-refractivity contribution in [1.29, 1.82) is 0 Å². The first-order valence-corrected chi connectivity index (χ1v) is 23.5. The van der Waals surface area contributed by atoms with Crippen molar-refractivity contribution in [2.75, 3.05) is 61.6 Å². The molecule has 0 bridgehead atoms. The van der Waals surface area contributed by atoms with Crippen LogP contribution in [0, 0.1) is 18.8 Å². The maximum atomic E-state index is 13.3. The predicted molar refractivity (Wildman–Crippen MR) is 255 cm³/mol. The molecule has 6 amide bonds. The fraction of sp³-hybridized carbons (Fsp3) is 0.360. The number of halogens is 4. The number of hydrogen-bond donors (Lipinski definition) is 4. The van der Waals surface area contributed by atoms with Crippen molar-refractivity contribution in [2.24, 2.45) is 0 Å². The molecule has 370 valence electrons. The zero-order chi connectivity index (χ0) is 50.2. The van der Waals surface area contributed by atoms with Crippen molar-refractivity contribution in [1.82, 2.24) is 30.1 Å². The fourth-order valence-electron chi connectivity index (χ4n) is 8.50. The Morgan fingerprint density at radius 1 is 0.873 bits per heavy atom. The maximum Gasteiger partial charge on any atom is 0.416 e. The average Bonchev–Trinajstić information content (AvgIpc) is 3.85. The van der Waals surface area contributed by atoms with E-state index in [4.69, 9.17) is 26.2 Å². The number of ether oxygens (including phenoxy) is 2. The number of imide groups is 2. The topological polar surface area (TPSA) is 206 Å². The van der Waals surface area contributed by atoms with Crippen LogP contribution >= 0.6 is 11.6 Å². The summed E-state index contributed by atoms with van der Waals surface area (Å²) in [6.45, 7) is 5.11. The second-order valence-electron chi connectivity index (χ2n) is 17.2. The summed E-state index contributed by atoms with van der Waals surface area (Å²) in [4.78, 5) is 83.2. The first-order valence-electron chi connectivity index (χ1n) is 23.1. The van der Waals surface area contributed by atoms with E-state index in [9.17, 15) is 41.9 Å². The zero-order valence-corrected chi connectivity index (χ0v) is 39.3. The molecule has 2 fully saturated rings. The Morgan fingerprint density at radius 3 is 2.42 bits per heavy atom. The van der Waals surface area contributed by atoms with E-state index >= 15 is 0 Å². The molecule has 3 aliphatic heterocycles. The van der Waals surface area contributed by atoms with E-state index in [0.29, 0.717) is 93.5 Å². The molecule has 2 aromatic heterocycles. The Bertz CT molecular complexity index is 2940. The van der Waals surface area contributed by atoms with Gasteiger partial charge in [-0.3, -0.25) is 39.0 Å². The number of anilines is 3. The third-order valence-corrected chi connectivity index (χ3v) is 12.5. The van der Waals surface area contributed by atoms with E-state index in [1.807, 2.05) is 12.1 Å². The highest BCUT2D eigenvalue weighted by Gasteiger charge is 2.44. The summed E-state index contributed by atoms with van der Waals surface area (Å²) in [5.74, 6) is 4.08. The molecule has 0 spiro atoms. The molecule has 0 radical (unpaired) electrons. The molecule has 4 N–H and O–H groups in total. The molecule has 17 nitrogen and oxygen atoms in total. The van der Waals surface area contributed by atoms with Crippen LogP contribution in [-0.4, -0.2) is 113 Å². The van der Waals surface area contributed by atoms with Crippen LogP contribution in [0.4, 0.5) is 30.4 Å². The van der Waals surface area contributed by atoms with Crippen LogP contribution in [0.25, 0.3) is 5.65 Å². The Kier molecular flexibility index (Phi) is 15.6. The van der Waals surface area contributed by atoms with Crippen LogP contribution in [-0.2, 0) is 30.0 Å². The van der Waals surface area contributed by atoms with Gasteiger partial charge in [0.15, 0.2) is 5.65 Å². The van der Waals surface area contributed by atoms with Crippen molar-refractivity contribution in [3.05, 3.63) is 117 Å². The second kappa shape index (κ2) is 22.2. The van der Waals surface area contributed by atoms with Gasteiger partial charge in [0.25, 0.3) is 17.7 Å². The Hall–Kier alpha value is -7.34. The molecular weight excluding hydrogens is 947 g/mol. The summed E-state index contributed by atoms with van der Waals surface area (Å²) in [6.07, 6.45) is 0.373. The van der Waals surface area contributed by atoms with Crippen LogP contribution in [0.15, 0.2) is 72.9 Å². The number of carbonyl (C=O) groups is 6. The first kappa shape index (κ1) is 50.1. The number of aromatic nitrogens is 3. The van der Waals surface area contributed by atoms with Gasteiger partial charge < -0.3 is 30.3 Å². The van der Waals surface area contributed by atoms with Crippen molar-refractivity contribution in [3.63, 3.8) is 0 Å².